The molecule has 0 aliphatic carbocycles. The monoisotopic (exact) mass is 396 g/mol. The van der Waals surface area contributed by atoms with Crippen LogP contribution in [0.1, 0.15) is 27.9 Å². The SMILES string of the molecule is Cc1ccc(C)c2c1=CC(CCNC(=O)c1ccc(-c3ccccc3)cc1)C(=O)N=2. The molecular formula is C26H24N2O2. The number of fused-ring (bicyclic) bond motifs is 1. The normalized spacial score (nSPS) is 15.0. The second-order valence-corrected chi connectivity index (χ2v) is 7.67. The molecule has 4 nitrogen and oxygen atoms in total. The fourth-order valence-electron chi connectivity index (χ4n) is 3.74. The molecule has 1 heterocycles. The molecule has 1 aliphatic rings. The van der Waals surface area contributed by atoms with E-state index in [1.807, 2.05) is 86.7 Å². The molecule has 0 aromatic heterocycles. The second kappa shape index (κ2) is 8.46. The van der Waals surface area contributed by atoms with Gasteiger partial charge in [0.2, 0.25) is 0 Å². The third kappa shape index (κ3) is 4.08. The summed E-state index contributed by atoms with van der Waals surface area (Å²) in [5, 5.41) is 4.73. The number of rotatable bonds is 5. The Morgan fingerprint density at radius 1 is 0.900 bits per heavy atom. The number of nitrogens with zero attached hydrogens (tertiary/aromatic N) is 1. The second-order valence-electron chi connectivity index (χ2n) is 7.67. The molecule has 1 N–H and O–H groups in total. The molecule has 0 saturated carbocycles. The fraction of sp³-hybridized carbons (Fsp3) is 0.192. The van der Waals surface area contributed by atoms with E-state index in [9.17, 15) is 9.59 Å². The first-order valence-corrected chi connectivity index (χ1v) is 10.2. The lowest BCUT2D eigenvalue weighted by Gasteiger charge is -2.14. The molecule has 2 amide bonds. The van der Waals surface area contributed by atoms with Gasteiger partial charge in [0.05, 0.1) is 11.3 Å². The number of hydrogen-bond acceptors (Lipinski definition) is 2. The molecule has 3 aromatic carbocycles. The lowest BCUT2D eigenvalue weighted by Crippen LogP contribution is -2.38. The molecule has 0 saturated heterocycles. The highest BCUT2D eigenvalue weighted by atomic mass is 16.2. The molecule has 1 aliphatic heterocycles. The molecule has 4 rings (SSSR count). The van der Waals surface area contributed by atoms with E-state index in [-0.39, 0.29) is 17.7 Å². The van der Waals surface area contributed by atoms with E-state index in [0.717, 1.165) is 32.8 Å². The van der Waals surface area contributed by atoms with E-state index in [0.29, 0.717) is 18.5 Å². The summed E-state index contributed by atoms with van der Waals surface area (Å²) in [7, 11) is 0. The minimum atomic E-state index is -0.307. The molecule has 0 radical (unpaired) electrons. The van der Waals surface area contributed by atoms with Gasteiger partial charge in [0.15, 0.2) is 0 Å². The van der Waals surface area contributed by atoms with Gasteiger partial charge in [-0.2, -0.15) is 0 Å². The summed E-state index contributed by atoms with van der Waals surface area (Å²) in [5.74, 6) is -0.585. The van der Waals surface area contributed by atoms with Crippen molar-refractivity contribution in [3.63, 3.8) is 0 Å². The topological polar surface area (TPSA) is 58.5 Å². The van der Waals surface area contributed by atoms with Gasteiger partial charge in [0.1, 0.15) is 0 Å². The number of hydrogen-bond donors (Lipinski definition) is 1. The lowest BCUT2D eigenvalue weighted by atomic mass is 9.97. The van der Waals surface area contributed by atoms with Crippen molar-refractivity contribution >= 4 is 17.9 Å². The Bertz CT molecular complexity index is 1210. The highest BCUT2D eigenvalue weighted by Gasteiger charge is 2.19. The Balaban J connectivity index is 1.39. The molecular weight excluding hydrogens is 372 g/mol. The average molecular weight is 396 g/mol. The van der Waals surface area contributed by atoms with E-state index in [1.54, 1.807) is 0 Å². The highest BCUT2D eigenvalue weighted by molar-refractivity contribution is 5.94. The third-order valence-electron chi connectivity index (χ3n) is 5.54. The zero-order valence-electron chi connectivity index (χ0n) is 17.2. The molecule has 0 fully saturated rings. The van der Waals surface area contributed by atoms with Gasteiger partial charge in [0, 0.05) is 17.3 Å². The predicted molar refractivity (Wildman–Crippen MR) is 118 cm³/mol. The van der Waals surface area contributed by atoms with Gasteiger partial charge in [-0.25, -0.2) is 4.99 Å². The molecule has 4 heteroatoms. The Morgan fingerprint density at radius 3 is 2.30 bits per heavy atom. The number of aryl methyl sites for hydroxylation is 2. The Labute approximate surface area is 176 Å². The standard InChI is InChI=1S/C26H24N2O2/c1-17-8-9-18(2)24-23(17)16-22(26(30)28-24)14-15-27-25(29)21-12-10-20(11-13-21)19-6-4-3-5-7-19/h3-13,16,22H,14-15H2,1-2H3,(H,27,29). The van der Waals surface area contributed by atoms with Crippen LogP contribution in [0.15, 0.2) is 71.7 Å². The molecule has 30 heavy (non-hydrogen) atoms. The van der Waals surface area contributed by atoms with Gasteiger partial charge >= 0.3 is 0 Å². The van der Waals surface area contributed by atoms with Crippen LogP contribution in [0.5, 0.6) is 0 Å². The summed E-state index contributed by atoms with van der Waals surface area (Å²) >= 11 is 0. The van der Waals surface area contributed by atoms with E-state index in [2.05, 4.69) is 10.3 Å². The lowest BCUT2D eigenvalue weighted by molar-refractivity contribution is -0.120. The van der Waals surface area contributed by atoms with E-state index in [4.69, 9.17) is 0 Å². The summed E-state index contributed by atoms with van der Waals surface area (Å²) in [4.78, 5) is 29.2. The summed E-state index contributed by atoms with van der Waals surface area (Å²) < 4.78 is 0. The number of amides is 2. The fourth-order valence-corrected chi connectivity index (χ4v) is 3.74. The first-order valence-electron chi connectivity index (χ1n) is 10.2. The number of carbonyl (C=O) groups excluding carboxylic acids is 2. The van der Waals surface area contributed by atoms with Crippen LogP contribution in [0.4, 0.5) is 0 Å². The number of benzene rings is 3. The Hall–Kier alpha value is -3.53. The maximum Gasteiger partial charge on any atom is 0.253 e. The molecule has 0 bridgehead atoms. The summed E-state index contributed by atoms with van der Waals surface area (Å²) in [5.41, 5.74) is 4.91. The van der Waals surface area contributed by atoms with Crippen LogP contribution in [-0.2, 0) is 4.79 Å². The Morgan fingerprint density at radius 2 is 1.57 bits per heavy atom. The maximum absolute atomic E-state index is 12.5. The van der Waals surface area contributed by atoms with Gasteiger partial charge in [-0.1, -0.05) is 60.7 Å². The van der Waals surface area contributed by atoms with Crippen molar-refractivity contribution in [2.75, 3.05) is 6.54 Å². The summed E-state index contributed by atoms with van der Waals surface area (Å²) in [6, 6.07) is 21.6. The van der Waals surface area contributed by atoms with Crippen LogP contribution in [0.3, 0.4) is 0 Å². The summed E-state index contributed by atoms with van der Waals surface area (Å²) in [6.07, 6.45) is 2.52. The van der Waals surface area contributed by atoms with E-state index < -0.39 is 0 Å². The van der Waals surface area contributed by atoms with Crippen molar-refractivity contribution < 1.29 is 9.59 Å². The van der Waals surface area contributed by atoms with Crippen LogP contribution in [0, 0.1) is 19.8 Å². The van der Waals surface area contributed by atoms with E-state index >= 15 is 0 Å². The van der Waals surface area contributed by atoms with Gasteiger partial charge < -0.3 is 5.32 Å². The van der Waals surface area contributed by atoms with Gasteiger partial charge in [-0.3, -0.25) is 9.59 Å². The Kier molecular flexibility index (Phi) is 5.57. The zero-order chi connectivity index (χ0) is 21.1. The van der Waals surface area contributed by atoms with Crippen LogP contribution in [-0.4, -0.2) is 18.4 Å². The third-order valence-corrected chi connectivity index (χ3v) is 5.54. The number of nitrogens with one attached hydrogen (secondary N) is 1. The van der Waals surface area contributed by atoms with Gasteiger partial charge in [-0.15, -0.1) is 0 Å². The quantitative estimate of drug-likeness (QED) is 0.719. The maximum atomic E-state index is 12.5. The van der Waals surface area contributed by atoms with Crippen LogP contribution in [0.25, 0.3) is 17.2 Å². The molecule has 150 valence electrons. The molecule has 1 unspecified atom stereocenters. The highest BCUT2D eigenvalue weighted by Crippen LogP contribution is 2.19. The number of carbonyl (C=O) groups is 2. The summed E-state index contributed by atoms with van der Waals surface area (Å²) in [6.45, 7) is 4.41. The zero-order valence-corrected chi connectivity index (χ0v) is 17.2. The van der Waals surface area contributed by atoms with E-state index in [1.165, 1.54) is 0 Å². The van der Waals surface area contributed by atoms with Crippen LogP contribution in [0.2, 0.25) is 0 Å². The van der Waals surface area contributed by atoms with Gasteiger partial charge in [-0.05, 0) is 54.7 Å². The van der Waals surface area contributed by atoms with Crippen molar-refractivity contribution in [1.82, 2.24) is 5.32 Å². The van der Waals surface area contributed by atoms with Crippen molar-refractivity contribution in [3.8, 4) is 11.1 Å². The van der Waals surface area contributed by atoms with Crippen molar-refractivity contribution in [3.05, 3.63) is 94.0 Å². The van der Waals surface area contributed by atoms with Gasteiger partial charge in [0.25, 0.3) is 11.8 Å². The van der Waals surface area contributed by atoms with Crippen molar-refractivity contribution in [2.24, 2.45) is 10.9 Å². The molecule has 0 spiro atoms. The largest absolute Gasteiger partial charge is 0.352 e. The van der Waals surface area contributed by atoms with Crippen LogP contribution < -0.4 is 15.9 Å². The van der Waals surface area contributed by atoms with Crippen molar-refractivity contribution in [2.45, 2.75) is 20.3 Å². The first-order chi connectivity index (χ1) is 14.5. The van der Waals surface area contributed by atoms with Crippen LogP contribution >= 0.6 is 0 Å². The smallest absolute Gasteiger partial charge is 0.253 e. The predicted octanol–water partition coefficient (Wildman–Crippen LogP) is 3.35. The minimum absolute atomic E-state index is 0.137. The molecule has 1 atom stereocenters. The molecule has 3 aromatic rings. The minimum Gasteiger partial charge on any atom is -0.352 e. The average Bonchev–Trinajstić information content (AvgIpc) is 2.78. The van der Waals surface area contributed by atoms with Crippen molar-refractivity contribution in [1.29, 1.82) is 0 Å². The first kappa shape index (κ1) is 19.8.